The maximum atomic E-state index is 6.27. The number of rotatable bonds is 5. The number of fused-ring (bicyclic) bond motifs is 1. The SMILES string of the molecule is CC(C)CC(N)c1ccc2cc(-c3ccnc(N(C)C)n3)ccc2n1. The van der Waals surface area contributed by atoms with Crippen LogP contribution in [0.4, 0.5) is 5.95 Å². The predicted octanol–water partition coefficient (Wildman–Crippen LogP) is 3.80. The van der Waals surface area contributed by atoms with E-state index >= 15 is 0 Å². The molecule has 2 aromatic heterocycles. The highest BCUT2D eigenvalue weighted by Crippen LogP contribution is 2.25. The average molecular weight is 335 g/mol. The van der Waals surface area contributed by atoms with Crippen LogP contribution in [-0.2, 0) is 0 Å². The Labute approximate surface area is 148 Å². The molecule has 5 heteroatoms. The quantitative estimate of drug-likeness (QED) is 0.768. The van der Waals surface area contributed by atoms with Crippen LogP contribution in [0.15, 0.2) is 42.6 Å². The topological polar surface area (TPSA) is 67.9 Å². The summed E-state index contributed by atoms with van der Waals surface area (Å²) in [6, 6.07) is 12.2. The first-order valence-electron chi connectivity index (χ1n) is 8.61. The first-order chi connectivity index (χ1) is 11.9. The first-order valence-corrected chi connectivity index (χ1v) is 8.61. The van der Waals surface area contributed by atoms with E-state index in [1.165, 1.54) is 0 Å². The lowest BCUT2D eigenvalue weighted by atomic mass is 10.0. The molecule has 0 amide bonds. The highest BCUT2D eigenvalue weighted by molar-refractivity contribution is 5.84. The van der Waals surface area contributed by atoms with E-state index in [-0.39, 0.29) is 6.04 Å². The molecule has 5 nitrogen and oxygen atoms in total. The van der Waals surface area contributed by atoms with Crippen molar-refractivity contribution in [2.75, 3.05) is 19.0 Å². The first kappa shape index (κ1) is 17.3. The van der Waals surface area contributed by atoms with Crippen molar-refractivity contribution in [1.29, 1.82) is 0 Å². The molecule has 1 atom stereocenters. The minimum atomic E-state index is -0.0198. The van der Waals surface area contributed by atoms with E-state index in [9.17, 15) is 0 Å². The third kappa shape index (κ3) is 3.94. The number of aromatic nitrogens is 3. The molecule has 130 valence electrons. The Morgan fingerprint density at radius 1 is 1.04 bits per heavy atom. The summed E-state index contributed by atoms with van der Waals surface area (Å²) < 4.78 is 0. The number of pyridine rings is 1. The maximum absolute atomic E-state index is 6.27. The molecular weight excluding hydrogens is 310 g/mol. The van der Waals surface area contributed by atoms with Crippen molar-refractivity contribution in [3.63, 3.8) is 0 Å². The molecule has 0 saturated heterocycles. The lowest BCUT2D eigenvalue weighted by Crippen LogP contribution is -2.14. The fourth-order valence-corrected chi connectivity index (χ4v) is 2.86. The highest BCUT2D eigenvalue weighted by atomic mass is 15.2. The van der Waals surface area contributed by atoms with E-state index in [1.54, 1.807) is 6.20 Å². The highest BCUT2D eigenvalue weighted by Gasteiger charge is 2.11. The maximum Gasteiger partial charge on any atom is 0.225 e. The molecule has 0 saturated carbocycles. The molecule has 2 heterocycles. The van der Waals surface area contributed by atoms with E-state index in [4.69, 9.17) is 10.7 Å². The molecule has 0 spiro atoms. The molecule has 1 unspecified atom stereocenters. The minimum absolute atomic E-state index is 0.0198. The van der Waals surface area contributed by atoms with Crippen molar-refractivity contribution in [2.24, 2.45) is 11.7 Å². The van der Waals surface area contributed by atoms with Crippen LogP contribution in [-0.4, -0.2) is 29.0 Å². The van der Waals surface area contributed by atoms with Gasteiger partial charge in [0.2, 0.25) is 5.95 Å². The van der Waals surface area contributed by atoms with Crippen molar-refractivity contribution in [1.82, 2.24) is 15.0 Å². The zero-order valence-electron chi connectivity index (χ0n) is 15.3. The molecule has 1 aromatic carbocycles. The van der Waals surface area contributed by atoms with Crippen LogP contribution >= 0.6 is 0 Å². The van der Waals surface area contributed by atoms with Crippen LogP contribution in [0.3, 0.4) is 0 Å². The van der Waals surface area contributed by atoms with Gasteiger partial charge in [-0.2, -0.15) is 0 Å². The van der Waals surface area contributed by atoms with Gasteiger partial charge in [0.15, 0.2) is 0 Å². The minimum Gasteiger partial charge on any atom is -0.347 e. The van der Waals surface area contributed by atoms with Gasteiger partial charge >= 0.3 is 0 Å². The molecule has 0 bridgehead atoms. The second-order valence-corrected chi connectivity index (χ2v) is 7.02. The molecule has 2 N–H and O–H groups in total. The number of benzene rings is 1. The molecule has 0 fully saturated rings. The summed E-state index contributed by atoms with van der Waals surface area (Å²) in [6.45, 7) is 4.35. The molecule has 0 radical (unpaired) electrons. The second-order valence-electron chi connectivity index (χ2n) is 7.02. The van der Waals surface area contributed by atoms with Gasteiger partial charge in [0.05, 0.1) is 16.9 Å². The standard InChI is InChI=1S/C20H25N5/c1-13(2)11-16(21)19-8-6-14-12-15(5-7-17(14)23-19)18-9-10-22-20(24-18)25(3)4/h5-10,12-13,16H,11,21H2,1-4H3. The van der Waals surface area contributed by atoms with Gasteiger partial charge in [0.25, 0.3) is 0 Å². The van der Waals surface area contributed by atoms with Crippen LogP contribution < -0.4 is 10.6 Å². The van der Waals surface area contributed by atoms with Crippen LogP contribution in [0.25, 0.3) is 22.2 Å². The van der Waals surface area contributed by atoms with Crippen LogP contribution in [0.1, 0.15) is 32.0 Å². The van der Waals surface area contributed by atoms with Crippen molar-refractivity contribution < 1.29 is 0 Å². The van der Waals surface area contributed by atoms with E-state index in [2.05, 4.69) is 42.0 Å². The Morgan fingerprint density at radius 3 is 2.56 bits per heavy atom. The van der Waals surface area contributed by atoms with Gasteiger partial charge in [-0.3, -0.25) is 4.98 Å². The number of anilines is 1. The van der Waals surface area contributed by atoms with Gasteiger partial charge in [-0.25, -0.2) is 9.97 Å². The summed E-state index contributed by atoms with van der Waals surface area (Å²) in [5.74, 6) is 1.25. The normalized spacial score (nSPS) is 12.6. The number of nitrogens with two attached hydrogens (primary N) is 1. The van der Waals surface area contributed by atoms with Crippen molar-refractivity contribution >= 4 is 16.9 Å². The van der Waals surface area contributed by atoms with E-state index < -0.39 is 0 Å². The van der Waals surface area contributed by atoms with Gasteiger partial charge < -0.3 is 10.6 Å². The zero-order chi connectivity index (χ0) is 18.0. The van der Waals surface area contributed by atoms with E-state index in [0.717, 1.165) is 34.3 Å². The Morgan fingerprint density at radius 2 is 1.84 bits per heavy atom. The predicted molar refractivity (Wildman–Crippen MR) is 103 cm³/mol. The molecule has 0 aliphatic carbocycles. The summed E-state index contributed by atoms with van der Waals surface area (Å²) in [5, 5.41) is 1.09. The fourth-order valence-electron chi connectivity index (χ4n) is 2.86. The third-order valence-corrected chi connectivity index (χ3v) is 4.15. The van der Waals surface area contributed by atoms with E-state index in [0.29, 0.717) is 11.9 Å². The zero-order valence-corrected chi connectivity index (χ0v) is 15.3. The summed E-state index contributed by atoms with van der Waals surface area (Å²) >= 11 is 0. The lowest BCUT2D eigenvalue weighted by Gasteiger charge is -2.14. The van der Waals surface area contributed by atoms with E-state index in [1.807, 2.05) is 37.2 Å². The number of hydrogen-bond donors (Lipinski definition) is 1. The number of nitrogens with zero attached hydrogens (tertiary/aromatic N) is 4. The molecule has 3 aromatic rings. The van der Waals surface area contributed by atoms with Gasteiger partial charge in [0.1, 0.15) is 0 Å². The van der Waals surface area contributed by atoms with Gasteiger partial charge in [-0.15, -0.1) is 0 Å². The van der Waals surface area contributed by atoms with Crippen LogP contribution in [0.2, 0.25) is 0 Å². The van der Waals surface area contributed by atoms with Crippen molar-refractivity contribution in [3.8, 4) is 11.3 Å². The summed E-state index contributed by atoms with van der Waals surface area (Å²) in [6.07, 6.45) is 2.72. The van der Waals surface area contributed by atoms with Crippen molar-refractivity contribution in [2.45, 2.75) is 26.3 Å². The summed E-state index contributed by atoms with van der Waals surface area (Å²) in [5.41, 5.74) is 10.1. The Bertz CT molecular complexity index is 873. The Balaban J connectivity index is 1.94. The molecular formula is C20H25N5. The monoisotopic (exact) mass is 335 g/mol. The molecule has 3 rings (SSSR count). The third-order valence-electron chi connectivity index (χ3n) is 4.15. The molecule has 25 heavy (non-hydrogen) atoms. The summed E-state index contributed by atoms with van der Waals surface area (Å²) in [4.78, 5) is 15.5. The van der Waals surface area contributed by atoms with Crippen LogP contribution in [0.5, 0.6) is 0 Å². The van der Waals surface area contributed by atoms with Gasteiger partial charge in [-0.05, 0) is 36.6 Å². The summed E-state index contributed by atoms with van der Waals surface area (Å²) in [7, 11) is 3.87. The second kappa shape index (κ2) is 7.15. The lowest BCUT2D eigenvalue weighted by molar-refractivity contribution is 0.503. The Hall–Kier alpha value is -2.53. The smallest absolute Gasteiger partial charge is 0.225 e. The fraction of sp³-hybridized carbons (Fsp3) is 0.350. The Kier molecular flexibility index (Phi) is 4.95. The van der Waals surface area contributed by atoms with Gasteiger partial charge in [-0.1, -0.05) is 26.0 Å². The largest absolute Gasteiger partial charge is 0.347 e. The number of hydrogen-bond acceptors (Lipinski definition) is 5. The average Bonchev–Trinajstić information content (AvgIpc) is 2.60. The van der Waals surface area contributed by atoms with Crippen molar-refractivity contribution in [3.05, 3.63) is 48.3 Å². The molecule has 0 aliphatic rings. The molecule has 0 aliphatic heterocycles. The van der Waals surface area contributed by atoms with Crippen LogP contribution in [0, 0.1) is 5.92 Å². The van der Waals surface area contributed by atoms with Gasteiger partial charge in [0, 0.05) is 37.3 Å².